The molecule has 0 radical (unpaired) electrons. The van der Waals surface area contributed by atoms with Crippen LogP contribution in [0, 0.1) is 0 Å². The molecule has 19 heavy (non-hydrogen) atoms. The van der Waals surface area contributed by atoms with Gasteiger partial charge in [-0.1, -0.05) is 6.92 Å². The molecule has 1 aromatic heterocycles. The number of hydrogen-bond donors (Lipinski definition) is 1. The zero-order valence-corrected chi connectivity index (χ0v) is 12.6. The Morgan fingerprint density at radius 3 is 2.95 bits per heavy atom. The summed E-state index contributed by atoms with van der Waals surface area (Å²) < 4.78 is 5.08. The number of carbonyl (C=O) groups excluding carboxylic acids is 1. The van der Waals surface area contributed by atoms with Crippen molar-refractivity contribution >= 4 is 17.2 Å². The zero-order valence-electron chi connectivity index (χ0n) is 11.8. The predicted octanol–water partition coefficient (Wildman–Crippen LogP) is 2.38. The molecule has 1 saturated heterocycles. The molecule has 106 valence electrons. The smallest absolute Gasteiger partial charge is 0.244 e. The Hall–Kier alpha value is -0.910. The van der Waals surface area contributed by atoms with E-state index >= 15 is 0 Å². The first-order chi connectivity index (χ1) is 9.12. The van der Waals surface area contributed by atoms with E-state index in [0.29, 0.717) is 6.61 Å². The van der Waals surface area contributed by atoms with Crippen molar-refractivity contribution in [2.75, 3.05) is 20.3 Å². The molecule has 2 heterocycles. The lowest BCUT2D eigenvalue weighted by Crippen LogP contribution is -2.43. The van der Waals surface area contributed by atoms with Gasteiger partial charge in [-0.05, 0) is 42.2 Å². The number of amides is 1. The maximum atomic E-state index is 12.6. The highest BCUT2D eigenvalue weighted by molar-refractivity contribution is 7.07. The summed E-state index contributed by atoms with van der Waals surface area (Å²) in [7, 11) is 1.69. The third-order valence-corrected chi connectivity index (χ3v) is 4.51. The van der Waals surface area contributed by atoms with E-state index in [4.69, 9.17) is 4.74 Å². The lowest BCUT2D eigenvalue weighted by atomic mass is 9.99. The number of thiophene rings is 1. The standard InChI is InChI=1S/C14H22N2O2S/c1-4-14(2)13(17)16(7-5-8-18-3)12(15-14)11-6-9-19-10-11/h6,9-10,12,15H,4-5,7-8H2,1-3H3. The quantitative estimate of drug-likeness (QED) is 0.815. The predicted molar refractivity (Wildman–Crippen MR) is 77.1 cm³/mol. The molecule has 0 saturated carbocycles. The van der Waals surface area contributed by atoms with Crippen molar-refractivity contribution in [2.45, 2.75) is 38.4 Å². The van der Waals surface area contributed by atoms with Gasteiger partial charge in [0.15, 0.2) is 0 Å². The summed E-state index contributed by atoms with van der Waals surface area (Å²) in [4.78, 5) is 14.5. The van der Waals surface area contributed by atoms with Crippen LogP contribution >= 0.6 is 11.3 Å². The van der Waals surface area contributed by atoms with Crippen molar-refractivity contribution in [3.8, 4) is 0 Å². The number of nitrogens with one attached hydrogen (secondary N) is 1. The first-order valence-electron chi connectivity index (χ1n) is 6.72. The minimum atomic E-state index is -0.445. The SMILES string of the molecule is CCC1(C)NC(c2ccsc2)N(CCCOC)C1=O. The van der Waals surface area contributed by atoms with Crippen LogP contribution in [0.15, 0.2) is 16.8 Å². The topological polar surface area (TPSA) is 41.6 Å². The molecule has 0 aromatic carbocycles. The van der Waals surface area contributed by atoms with E-state index in [0.717, 1.165) is 19.4 Å². The summed E-state index contributed by atoms with van der Waals surface area (Å²) >= 11 is 1.66. The second kappa shape index (κ2) is 6.03. The van der Waals surface area contributed by atoms with Crippen LogP contribution in [0.4, 0.5) is 0 Å². The number of methoxy groups -OCH3 is 1. The summed E-state index contributed by atoms with van der Waals surface area (Å²) in [5.74, 6) is 0.197. The molecule has 5 heteroatoms. The van der Waals surface area contributed by atoms with Gasteiger partial charge in [-0.3, -0.25) is 10.1 Å². The van der Waals surface area contributed by atoms with Crippen molar-refractivity contribution < 1.29 is 9.53 Å². The van der Waals surface area contributed by atoms with Gasteiger partial charge in [0, 0.05) is 20.3 Å². The number of ether oxygens (including phenoxy) is 1. The van der Waals surface area contributed by atoms with E-state index < -0.39 is 5.54 Å². The van der Waals surface area contributed by atoms with Gasteiger partial charge in [0.1, 0.15) is 6.17 Å². The van der Waals surface area contributed by atoms with E-state index in [9.17, 15) is 4.79 Å². The van der Waals surface area contributed by atoms with Crippen molar-refractivity contribution in [3.05, 3.63) is 22.4 Å². The third-order valence-electron chi connectivity index (χ3n) is 3.81. The molecule has 4 nitrogen and oxygen atoms in total. The molecule has 1 aliphatic heterocycles. The van der Waals surface area contributed by atoms with E-state index in [1.807, 2.05) is 18.7 Å². The molecular formula is C14H22N2O2S. The summed E-state index contributed by atoms with van der Waals surface area (Å²) in [6.07, 6.45) is 1.66. The first kappa shape index (κ1) is 14.5. The molecule has 1 amide bonds. The van der Waals surface area contributed by atoms with E-state index in [-0.39, 0.29) is 12.1 Å². The fraction of sp³-hybridized carbons (Fsp3) is 0.643. The largest absolute Gasteiger partial charge is 0.385 e. The van der Waals surface area contributed by atoms with Gasteiger partial charge in [-0.25, -0.2) is 0 Å². The molecule has 1 fully saturated rings. The van der Waals surface area contributed by atoms with Crippen LogP contribution < -0.4 is 5.32 Å². The van der Waals surface area contributed by atoms with E-state index in [1.54, 1.807) is 18.4 Å². The van der Waals surface area contributed by atoms with Crippen LogP contribution in [0.1, 0.15) is 38.4 Å². The minimum Gasteiger partial charge on any atom is -0.385 e. The Kier molecular flexibility index (Phi) is 4.60. The Morgan fingerprint density at radius 1 is 1.58 bits per heavy atom. The average molecular weight is 282 g/mol. The Bertz CT molecular complexity index is 421. The second-order valence-electron chi connectivity index (χ2n) is 5.13. The number of hydrogen-bond acceptors (Lipinski definition) is 4. The Labute approximate surface area is 118 Å². The highest BCUT2D eigenvalue weighted by Crippen LogP contribution is 2.33. The Balaban J connectivity index is 2.17. The van der Waals surface area contributed by atoms with Gasteiger partial charge >= 0.3 is 0 Å². The lowest BCUT2D eigenvalue weighted by molar-refractivity contribution is -0.133. The van der Waals surface area contributed by atoms with Crippen LogP contribution in [0.5, 0.6) is 0 Å². The molecule has 0 aliphatic carbocycles. The third kappa shape index (κ3) is 2.83. The molecule has 0 spiro atoms. The van der Waals surface area contributed by atoms with Gasteiger partial charge in [0.25, 0.3) is 0 Å². The Morgan fingerprint density at radius 2 is 2.37 bits per heavy atom. The van der Waals surface area contributed by atoms with E-state index in [2.05, 4.69) is 22.1 Å². The summed E-state index contributed by atoms with van der Waals surface area (Å²) in [5.41, 5.74) is 0.729. The van der Waals surface area contributed by atoms with Crippen LogP contribution in [-0.4, -0.2) is 36.6 Å². The van der Waals surface area contributed by atoms with Crippen LogP contribution in [0.25, 0.3) is 0 Å². The molecule has 1 aromatic rings. The zero-order chi connectivity index (χ0) is 13.9. The highest BCUT2D eigenvalue weighted by atomic mass is 32.1. The molecule has 0 bridgehead atoms. The van der Waals surface area contributed by atoms with Crippen LogP contribution in [-0.2, 0) is 9.53 Å². The lowest BCUT2D eigenvalue weighted by Gasteiger charge is -2.23. The van der Waals surface area contributed by atoms with Crippen LogP contribution in [0.2, 0.25) is 0 Å². The van der Waals surface area contributed by atoms with Crippen molar-refractivity contribution in [1.29, 1.82) is 0 Å². The highest BCUT2D eigenvalue weighted by Gasteiger charge is 2.46. The average Bonchev–Trinajstić information content (AvgIpc) is 3.01. The summed E-state index contributed by atoms with van der Waals surface area (Å²) in [6, 6.07) is 2.08. The fourth-order valence-electron chi connectivity index (χ4n) is 2.43. The van der Waals surface area contributed by atoms with E-state index in [1.165, 1.54) is 5.56 Å². The van der Waals surface area contributed by atoms with Crippen molar-refractivity contribution in [2.24, 2.45) is 0 Å². The number of carbonyl (C=O) groups is 1. The molecular weight excluding hydrogens is 260 g/mol. The van der Waals surface area contributed by atoms with Crippen LogP contribution in [0.3, 0.4) is 0 Å². The first-order valence-corrected chi connectivity index (χ1v) is 7.66. The number of rotatable bonds is 6. The van der Waals surface area contributed by atoms with Crippen molar-refractivity contribution in [1.82, 2.24) is 10.2 Å². The van der Waals surface area contributed by atoms with Gasteiger partial charge < -0.3 is 9.64 Å². The van der Waals surface area contributed by atoms with Gasteiger partial charge in [-0.2, -0.15) is 11.3 Å². The van der Waals surface area contributed by atoms with Gasteiger partial charge in [-0.15, -0.1) is 0 Å². The molecule has 2 rings (SSSR count). The molecule has 1 N–H and O–H groups in total. The van der Waals surface area contributed by atoms with Gasteiger partial charge in [0.05, 0.1) is 5.54 Å². The molecule has 1 aliphatic rings. The second-order valence-corrected chi connectivity index (χ2v) is 5.91. The normalized spacial score (nSPS) is 27.2. The maximum Gasteiger partial charge on any atom is 0.244 e. The monoisotopic (exact) mass is 282 g/mol. The number of nitrogens with zero attached hydrogens (tertiary/aromatic N) is 1. The maximum absolute atomic E-state index is 12.6. The van der Waals surface area contributed by atoms with Gasteiger partial charge in [0.2, 0.25) is 5.91 Å². The minimum absolute atomic E-state index is 0.000515. The summed E-state index contributed by atoms with van der Waals surface area (Å²) in [6.45, 7) is 5.46. The summed E-state index contributed by atoms with van der Waals surface area (Å²) in [5, 5.41) is 7.65. The van der Waals surface area contributed by atoms with Crippen molar-refractivity contribution in [3.63, 3.8) is 0 Å². The molecule has 2 atom stereocenters. The fourth-order valence-corrected chi connectivity index (χ4v) is 3.11. The molecule has 2 unspecified atom stereocenters.